The molecule has 6 aliphatic carbocycles. The van der Waals surface area contributed by atoms with Crippen molar-refractivity contribution in [3.8, 4) is 0 Å². The molecule has 2 N–H and O–H groups in total. The first-order valence-corrected chi connectivity index (χ1v) is 20.9. The summed E-state index contributed by atoms with van der Waals surface area (Å²) in [6.07, 6.45) is 12.0. The number of carbonyl (C=O) groups excluding carboxylic acids is 1. The predicted octanol–water partition coefficient (Wildman–Crippen LogP) is 7.46. The molecule has 9 rings (SSSR count). The van der Waals surface area contributed by atoms with Crippen LogP contribution in [0.15, 0.2) is 75.9 Å². The van der Waals surface area contributed by atoms with Crippen molar-refractivity contribution in [2.75, 3.05) is 26.8 Å². The normalized spacial score (nSPS) is 38.0. The summed E-state index contributed by atoms with van der Waals surface area (Å²) >= 11 is 2.73. The van der Waals surface area contributed by atoms with Gasteiger partial charge in [0, 0.05) is 53.3 Å². The highest BCUT2D eigenvalue weighted by Crippen LogP contribution is 2.78. The molecule has 0 amide bonds. The van der Waals surface area contributed by atoms with E-state index in [9.17, 15) is 23.4 Å². The summed E-state index contributed by atoms with van der Waals surface area (Å²) < 4.78 is 36.2. The molecular formula is C39H47NO6S3. The van der Waals surface area contributed by atoms with Crippen molar-refractivity contribution < 1.29 is 28.2 Å². The van der Waals surface area contributed by atoms with E-state index in [-0.39, 0.29) is 40.3 Å². The molecule has 8 atom stereocenters. The second-order valence-electron chi connectivity index (χ2n) is 15.9. The first-order chi connectivity index (χ1) is 23.3. The van der Waals surface area contributed by atoms with E-state index in [4.69, 9.17) is 4.74 Å². The Balaban J connectivity index is 1.23. The maximum atomic E-state index is 15.0. The third kappa shape index (κ3) is 4.70. The van der Waals surface area contributed by atoms with Gasteiger partial charge in [0.1, 0.15) is 4.21 Å². The van der Waals surface area contributed by atoms with Crippen LogP contribution < -0.4 is 0 Å². The lowest BCUT2D eigenvalue weighted by molar-refractivity contribution is -0.173. The first kappa shape index (κ1) is 33.9. The maximum Gasteiger partial charge on any atom is 0.252 e. The minimum absolute atomic E-state index is 0.00507. The number of hydrogen-bond donors (Lipinski definition) is 2. The summed E-state index contributed by atoms with van der Waals surface area (Å²) in [5.74, 6) is 0.166. The fourth-order valence-corrected chi connectivity index (χ4v) is 15.0. The molecule has 0 saturated heterocycles. The van der Waals surface area contributed by atoms with Crippen LogP contribution in [0, 0.1) is 33.5 Å². The number of Topliss-reactive ketones (excluding diaryl/α,β-unsaturated/α-hetero) is 1. The number of ether oxygens (including phenoxy) is 1. The van der Waals surface area contributed by atoms with Gasteiger partial charge in [0.05, 0.1) is 16.6 Å². The van der Waals surface area contributed by atoms with Crippen molar-refractivity contribution in [3.05, 3.63) is 76.5 Å². The van der Waals surface area contributed by atoms with E-state index in [1.807, 2.05) is 18.2 Å². The van der Waals surface area contributed by atoms with E-state index < -0.39 is 38.0 Å². The second kappa shape index (κ2) is 11.7. The minimum atomic E-state index is -3.83. The summed E-state index contributed by atoms with van der Waals surface area (Å²) in [5, 5.41) is 26.8. The smallest absolute Gasteiger partial charge is 0.252 e. The number of methoxy groups -OCH3 is 1. The first-order valence-electron chi connectivity index (χ1n) is 17.7. The number of benzene rings is 1. The molecular weight excluding hydrogens is 675 g/mol. The maximum absolute atomic E-state index is 15.0. The summed E-state index contributed by atoms with van der Waals surface area (Å²) in [6.45, 7) is 5.23. The molecule has 1 aromatic carbocycles. The highest BCUT2D eigenvalue weighted by atomic mass is 32.2. The second-order valence-corrected chi connectivity index (χ2v) is 20.1. The van der Waals surface area contributed by atoms with E-state index in [1.165, 1.54) is 27.0 Å². The molecule has 262 valence electrons. The molecule has 2 aromatic heterocycles. The van der Waals surface area contributed by atoms with Gasteiger partial charge in [0.25, 0.3) is 10.0 Å². The van der Waals surface area contributed by atoms with Crippen molar-refractivity contribution in [1.29, 1.82) is 0 Å². The molecule has 2 bridgehead atoms. The zero-order valence-electron chi connectivity index (χ0n) is 28.6. The number of fused-ring (bicyclic) bond motifs is 2. The molecule has 10 heteroatoms. The van der Waals surface area contributed by atoms with Gasteiger partial charge in [0.2, 0.25) is 0 Å². The number of aliphatic hydroxyl groups is 2. The predicted molar refractivity (Wildman–Crippen MR) is 194 cm³/mol. The molecule has 3 saturated carbocycles. The van der Waals surface area contributed by atoms with E-state index in [0.29, 0.717) is 32.3 Å². The molecule has 2 heterocycles. The summed E-state index contributed by atoms with van der Waals surface area (Å²) in [5.41, 5.74) is -2.25. The number of rotatable bonds is 10. The lowest BCUT2D eigenvalue weighted by Gasteiger charge is -2.71. The number of thiophene rings is 2. The number of allylic oxidation sites excluding steroid dienone is 4. The van der Waals surface area contributed by atoms with E-state index in [0.717, 1.165) is 46.2 Å². The van der Waals surface area contributed by atoms with Crippen LogP contribution in [0.25, 0.3) is 10.1 Å². The van der Waals surface area contributed by atoms with Crippen LogP contribution in [0.1, 0.15) is 74.9 Å². The lowest BCUT2D eigenvalue weighted by Crippen LogP contribution is -2.67. The van der Waals surface area contributed by atoms with Crippen molar-refractivity contribution in [2.45, 2.75) is 81.1 Å². The van der Waals surface area contributed by atoms with Gasteiger partial charge in [-0.3, -0.25) is 4.79 Å². The summed E-state index contributed by atoms with van der Waals surface area (Å²) in [4.78, 5) is 15.7. The van der Waals surface area contributed by atoms with E-state index in [2.05, 4.69) is 44.2 Å². The Kier molecular flexibility index (Phi) is 8.08. The summed E-state index contributed by atoms with van der Waals surface area (Å²) in [6, 6.07) is 13.5. The molecule has 1 unspecified atom stereocenters. The molecule has 2 spiro atoms. The van der Waals surface area contributed by atoms with Crippen LogP contribution in [-0.2, 0) is 14.8 Å². The minimum Gasteiger partial charge on any atom is -0.393 e. The summed E-state index contributed by atoms with van der Waals surface area (Å²) in [7, 11) is -2.22. The Labute approximate surface area is 297 Å². The highest BCUT2D eigenvalue weighted by Gasteiger charge is 2.74. The van der Waals surface area contributed by atoms with Gasteiger partial charge >= 0.3 is 0 Å². The van der Waals surface area contributed by atoms with Crippen LogP contribution in [0.2, 0.25) is 0 Å². The molecule has 3 fully saturated rings. The lowest BCUT2D eigenvalue weighted by atomic mass is 9.32. The fourth-order valence-electron chi connectivity index (χ4n) is 11.3. The van der Waals surface area contributed by atoms with Crippen molar-refractivity contribution in [2.24, 2.45) is 33.5 Å². The van der Waals surface area contributed by atoms with Gasteiger partial charge in [-0.15, -0.1) is 22.7 Å². The highest BCUT2D eigenvalue weighted by molar-refractivity contribution is 7.91. The monoisotopic (exact) mass is 721 g/mol. The van der Waals surface area contributed by atoms with Crippen LogP contribution in [-0.4, -0.2) is 67.2 Å². The number of aliphatic hydroxyl groups excluding tert-OH is 1. The van der Waals surface area contributed by atoms with Gasteiger partial charge in [0.15, 0.2) is 5.78 Å². The Morgan fingerprint density at radius 2 is 1.78 bits per heavy atom. The molecule has 0 radical (unpaired) electrons. The van der Waals surface area contributed by atoms with Crippen molar-refractivity contribution in [3.63, 3.8) is 0 Å². The molecule has 49 heavy (non-hydrogen) atoms. The fraction of sp³-hybridized carbons (Fsp3) is 0.564. The van der Waals surface area contributed by atoms with Crippen LogP contribution >= 0.6 is 22.7 Å². The Bertz CT molecular complexity index is 1920. The van der Waals surface area contributed by atoms with Crippen molar-refractivity contribution >= 4 is 48.6 Å². The van der Waals surface area contributed by atoms with Gasteiger partial charge in [-0.2, -0.15) is 4.31 Å². The van der Waals surface area contributed by atoms with Gasteiger partial charge in [-0.05, 0) is 97.6 Å². The Morgan fingerprint density at radius 1 is 1.02 bits per heavy atom. The quantitative estimate of drug-likeness (QED) is 0.128. The van der Waals surface area contributed by atoms with Gasteiger partial charge in [-0.1, -0.05) is 56.3 Å². The molecule has 7 nitrogen and oxygen atoms in total. The SMILES string of the molecule is COCCCN(C[C@]1(O)CC[C@H]2[C@]34C=C[C@@]5(C=C3C(=O)c3cc6ccccc6s3)CC(O)CC[C@]5(C)[C@H]4CC[C@@]21C)S(=O)(=O)c1cccs1. The zero-order valence-corrected chi connectivity index (χ0v) is 31.0. The van der Waals surface area contributed by atoms with Crippen LogP contribution in [0.3, 0.4) is 0 Å². The van der Waals surface area contributed by atoms with E-state index in [1.54, 1.807) is 24.6 Å². The largest absolute Gasteiger partial charge is 0.393 e. The number of carbonyl (C=O) groups is 1. The molecule has 0 aliphatic heterocycles. The number of sulfonamides is 1. The van der Waals surface area contributed by atoms with Crippen LogP contribution in [0.5, 0.6) is 0 Å². The third-order valence-electron chi connectivity index (χ3n) is 13.9. The van der Waals surface area contributed by atoms with E-state index >= 15 is 0 Å². The standard InChI is InChI=1S/C39H47NO6S3/c1-35-14-11-27(41)23-37(35)17-18-39(28(24-37)34(42)30-22-26-8-4-5-9-29(26)48-30)31(35)12-15-36(2)32(39)13-16-38(36,43)25-40(19-7-20-46-3)49(44,45)33-10-6-21-47-33/h4-6,8-10,17-18,21-22,24,27,31-32,41,43H,7,11-16,19-20,23,25H2,1-3H3/t27?,31-,32-,35-,36+,37+,38-,39-/m1/s1. The van der Waals surface area contributed by atoms with Crippen LogP contribution in [0.4, 0.5) is 0 Å². The number of ketones is 1. The topological polar surface area (TPSA) is 104 Å². The number of nitrogens with zero attached hydrogens (tertiary/aromatic N) is 1. The van der Waals surface area contributed by atoms with Gasteiger partial charge in [-0.25, -0.2) is 8.42 Å². The number of hydrogen-bond acceptors (Lipinski definition) is 8. The third-order valence-corrected chi connectivity index (χ3v) is 18.2. The molecule has 3 aromatic rings. The average Bonchev–Trinajstić information content (AvgIpc) is 3.83. The Hall–Kier alpha value is -2.18. The van der Waals surface area contributed by atoms with Crippen molar-refractivity contribution in [1.82, 2.24) is 4.31 Å². The Morgan fingerprint density at radius 3 is 2.53 bits per heavy atom. The molecule has 6 aliphatic rings. The zero-order chi connectivity index (χ0) is 34.5. The van der Waals surface area contributed by atoms with Gasteiger partial charge < -0.3 is 14.9 Å². The average molecular weight is 722 g/mol.